The molecule has 5 nitrogen and oxygen atoms in total. The van der Waals surface area contributed by atoms with Gasteiger partial charge in [-0.1, -0.05) is 11.6 Å². The zero-order valence-electron chi connectivity index (χ0n) is 11.7. The van der Waals surface area contributed by atoms with Gasteiger partial charge in [0.15, 0.2) is 0 Å². The van der Waals surface area contributed by atoms with Crippen molar-refractivity contribution in [1.29, 1.82) is 0 Å². The lowest BCUT2D eigenvalue weighted by molar-refractivity contribution is 0.600. The molecule has 2 rings (SSSR count). The standard InChI is InChI=1S/C14H16ClN3O2S/c1-9-3-13(8-17-7-9)18-21(19,20)14-5-12(15)4-11(6-16)10(14)2/h3-5,7-8,18H,6,16H2,1-2H3. The van der Waals surface area contributed by atoms with Crippen LogP contribution in [-0.2, 0) is 16.6 Å². The molecule has 0 aliphatic rings. The summed E-state index contributed by atoms with van der Waals surface area (Å²) in [6.45, 7) is 3.77. The van der Waals surface area contributed by atoms with Crippen molar-refractivity contribution in [3.05, 3.63) is 52.3 Å². The van der Waals surface area contributed by atoms with E-state index in [1.54, 1.807) is 25.3 Å². The summed E-state index contributed by atoms with van der Waals surface area (Å²) in [7, 11) is -3.75. The van der Waals surface area contributed by atoms with Crippen LogP contribution in [0.1, 0.15) is 16.7 Å². The largest absolute Gasteiger partial charge is 0.326 e. The first-order chi connectivity index (χ1) is 9.83. The maximum atomic E-state index is 12.5. The molecule has 0 saturated heterocycles. The minimum Gasteiger partial charge on any atom is -0.326 e. The number of hydrogen-bond acceptors (Lipinski definition) is 4. The van der Waals surface area contributed by atoms with Crippen LogP contribution >= 0.6 is 11.6 Å². The number of nitrogens with zero attached hydrogens (tertiary/aromatic N) is 1. The Bertz CT molecular complexity index is 776. The smallest absolute Gasteiger partial charge is 0.262 e. The third-order valence-corrected chi connectivity index (χ3v) is 4.79. The Morgan fingerprint density at radius 2 is 1.95 bits per heavy atom. The zero-order valence-corrected chi connectivity index (χ0v) is 13.3. The molecule has 3 N–H and O–H groups in total. The highest BCUT2D eigenvalue weighted by molar-refractivity contribution is 7.92. The van der Waals surface area contributed by atoms with Crippen molar-refractivity contribution in [2.45, 2.75) is 25.3 Å². The normalized spacial score (nSPS) is 11.4. The molecular formula is C14H16ClN3O2S. The van der Waals surface area contributed by atoms with Crippen molar-refractivity contribution in [1.82, 2.24) is 4.98 Å². The van der Waals surface area contributed by atoms with Crippen LogP contribution in [0, 0.1) is 13.8 Å². The SMILES string of the molecule is Cc1cncc(NS(=O)(=O)c2cc(Cl)cc(CN)c2C)c1. The van der Waals surface area contributed by atoms with Crippen LogP contribution in [0.3, 0.4) is 0 Å². The highest BCUT2D eigenvalue weighted by atomic mass is 35.5. The molecule has 0 bridgehead atoms. The molecular weight excluding hydrogens is 310 g/mol. The zero-order chi connectivity index (χ0) is 15.6. The van der Waals surface area contributed by atoms with Crippen molar-refractivity contribution in [2.24, 2.45) is 5.73 Å². The molecule has 0 saturated carbocycles. The molecule has 0 fully saturated rings. The minimum atomic E-state index is -3.75. The quantitative estimate of drug-likeness (QED) is 0.904. The number of hydrogen-bond donors (Lipinski definition) is 2. The van der Waals surface area contributed by atoms with Crippen molar-refractivity contribution in [3.8, 4) is 0 Å². The minimum absolute atomic E-state index is 0.122. The average Bonchev–Trinajstić information content (AvgIpc) is 2.40. The fraction of sp³-hybridized carbons (Fsp3) is 0.214. The van der Waals surface area contributed by atoms with Gasteiger partial charge < -0.3 is 5.73 Å². The fourth-order valence-corrected chi connectivity index (χ4v) is 3.67. The predicted octanol–water partition coefficient (Wildman–Crippen LogP) is 2.61. The maximum Gasteiger partial charge on any atom is 0.262 e. The summed E-state index contributed by atoms with van der Waals surface area (Å²) >= 11 is 5.97. The maximum absolute atomic E-state index is 12.5. The molecule has 1 aromatic heterocycles. The van der Waals surface area contributed by atoms with E-state index in [0.717, 1.165) is 5.56 Å². The molecule has 0 aliphatic heterocycles. The first-order valence-electron chi connectivity index (χ1n) is 6.27. The van der Waals surface area contributed by atoms with Gasteiger partial charge in [-0.2, -0.15) is 0 Å². The van der Waals surface area contributed by atoms with Crippen LogP contribution in [0.4, 0.5) is 5.69 Å². The lowest BCUT2D eigenvalue weighted by Gasteiger charge is -2.13. The van der Waals surface area contributed by atoms with Gasteiger partial charge in [0.25, 0.3) is 10.0 Å². The summed E-state index contributed by atoms with van der Waals surface area (Å²) in [6, 6.07) is 4.79. The van der Waals surface area contributed by atoms with Crippen LogP contribution in [0.25, 0.3) is 0 Å². The van der Waals surface area contributed by atoms with Crippen LogP contribution in [0.15, 0.2) is 35.5 Å². The molecule has 0 aliphatic carbocycles. The Morgan fingerprint density at radius 1 is 1.24 bits per heavy atom. The number of nitrogens with one attached hydrogen (secondary N) is 1. The Labute approximate surface area is 129 Å². The van der Waals surface area contributed by atoms with Gasteiger partial charge >= 0.3 is 0 Å². The molecule has 0 amide bonds. The second-order valence-electron chi connectivity index (χ2n) is 4.75. The third-order valence-electron chi connectivity index (χ3n) is 3.07. The van der Waals surface area contributed by atoms with E-state index in [2.05, 4.69) is 9.71 Å². The number of benzene rings is 1. The lowest BCUT2D eigenvalue weighted by Crippen LogP contribution is -2.16. The number of halogens is 1. The number of pyridine rings is 1. The van der Waals surface area contributed by atoms with E-state index in [-0.39, 0.29) is 11.4 Å². The molecule has 0 unspecified atom stereocenters. The fourth-order valence-electron chi connectivity index (χ4n) is 2.02. The van der Waals surface area contributed by atoms with Gasteiger partial charge in [-0.25, -0.2) is 8.42 Å². The number of aryl methyl sites for hydroxylation is 1. The van der Waals surface area contributed by atoms with Gasteiger partial charge in [-0.3, -0.25) is 9.71 Å². The highest BCUT2D eigenvalue weighted by Gasteiger charge is 2.19. The van der Waals surface area contributed by atoms with Crippen LogP contribution in [0.2, 0.25) is 5.02 Å². The summed E-state index contributed by atoms with van der Waals surface area (Å²) in [5.41, 5.74) is 8.18. The second-order valence-corrected chi connectivity index (χ2v) is 6.84. The van der Waals surface area contributed by atoms with Gasteiger partial charge in [0.05, 0.1) is 16.8 Å². The summed E-state index contributed by atoms with van der Waals surface area (Å²) < 4.78 is 27.5. The van der Waals surface area contributed by atoms with E-state index < -0.39 is 10.0 Å². The van der Waals surface area contributed by atoms with Crippen LogP contribution in [-0.4, -0.2) is 13.4 Å². The molecule has 0 spiro atoms. The Kier molecular flexibility index (Phi) is 4.51. The van der Waals surface area contributed by atoms with E-state index in [1.807, 2.05) is 6.92 Å². The van der Waals surface area contributed by atoms with Gasteiger partial charge in [0.1, 0.15) is 0 Å². The van der Waals surface area contributed by atoms with Crippen LogP contribution in [0.5, 0.6) is 0 Å². The molecule has 1 aromatic carbocycles. The molecule has 112 valence electrons. The predicted molar refractivity (Wildman–Crippen MR) is 83.9 cm³/mol. The van der Waals surface area contributed by atoms with E-state index >= 15 is 0 Å². The van der Waals surface area contributed by atoms with Gasteiger partial charge in [-0.15, -0.1) is 0 Å². The number of nitrogens with two attached hydrogens (primary N) is 1. The van der Waals surface area contributed by atoms with Gasteiger partial charge in [0.2, 0.25) is 0 Å². The topological polar surface area (TPSA) is 85.1 Å². The third kappa shape index (κ3) is 3.53. The lowest BCUT2D eigenvalue weighted by atomic mass is 10.1. The van der Waals surface area contributed by atoms with Crippen molar-refractivity contribution < 1.29 is 8.42 Å². The monoisotopic (exact) mass is 325 g/mol. The first-order valence-corrected chi connectivity index (χ1v) is 8.13. The molecule has 0 radical (unpaired) electrons. The average molecular weight is 326 g/mol. The molecule has 7 heteroatoms. The summed E-state index contributed by atoms with van der Waals surface area (Å²) in [5.74, 6) is 0. The molecule has 1 heterocycles. The molecule has 21 heavy (non-hydrogen) atoms. The summed E-state index contributed by atoms with van der Waals surface area (Å²) in [6.07, 6.45) is 3.10. The Morgan fingerprint density at radius 3 is 2.57 bits per heavy atom. The highest BCUT2D eigenvalue weighted by Crippen LogP contribution is 2.26. The van der Waals surface area contributed by atoms with Gasteiger partial charge in [-0.05, 0) is 48.7 Å². The first kappa shape index (κ1) is 15.8. The van der Waals surface area contributed by atoms with E-state index in [1.165, 1.54) is 12.3 Å². The van der Waals surface area contributed by atoms with Crippen LogP contribution < -0.4 is 10.5 Å². The second kappa shape index (κ2) is 6.01. The van der Waals surface area contributed by atoms with E-state index in [0.29, 0.717) is 21.8 Å². The molecule has 0 atom stereocenters. The Balaban J connectivity index is 2.47. The van der Waals surface area contributed by atoms with E-state index in [4.69, 9.17) is 17.3 Å². The number of anilines is 1. The van der Waals surface area contributed by atoms with Crippen molar-refractivity contribution in [3.63, 3.8) is 0 Å². The van der Waals surface area contributed by atoms with Crippen molar-refractivity contribution in [2.75, 3.05) is 4.72 Å². The Hall–Kier alpha value is -1.63. The van der Waals surface area contributed by atoms with Crippen molar-refractivity contribution >= 4 is 27.3 Å². The van der Waals surface area contributed by atoms with E-state index in [9.17, 15) is 8.42 Å². The summed E-state index contributed by atoms with van der Waals surface area (Å²) in [4.78, 5) is 4.08. The number of rotatable bonds is 4. The number of aromatic nitrogens is 1. The number of sulfonamides is 1. The summed E-state index contributed by atoms with van der Waals surface area (Å²) in [5, 5.41) is 0.337. The molecule has 2 aromatic rings. The van der Waals surface area contributed by atoms with Gasteiger partial charge in [0, 0.05) is 17.8 Å².